The fraction of sp³-hybridized carbons (Fsp3) is 0.464. The van der Waals surface area contributed by atoms with Crippen LogP contribution in [-0.4, -0.2) is 42.0 Å². The third-order valence-electron chi connectivity index (χ3n) is 4.36. The van der Waals surface area contributed by atoms with Crippen LogP contribution in [0.25, 0.3) is 11.1 Å². The molecule has 1 heterocycles. The molecule has 0 atom stereocenters. The van der Waals surface area contributed by atoms with Crippen molar-refractivity contribution in [1.29, 1.82) is 0 Å². The number of nitrogens with zero attached hydrogens (tertiary/aromatic N) is 1. The number of hydrogen-bond acceptors (Lipinski definition) is 3. The van der Waals surface area contributed by atoms with Gasteiger partial charge < -0.3 is 26.5 Å². The smallest absolute Gasteiger partial charge is 0.490 e. The summed E-state index contributed by atoms with van der Waals surface area (Å²) in [5.74, 6) is -0.682. The van der Waals surface area contributed by atoms with E-state index >= 15 is 0 Å². The second-order valence-corrected chi connectivity index (χ2v) is 6.34. The molecular weight excluding hydrogens is 596 g/mol. The molecule has 1 aliphatic rings. The minimum absolute atomic E-state index is 0. The summed E-state index contributed by atoms with van der Waals surface area (Å²) in [6.07, 6.45) is 7.41. The van der Waals surface area contributed by atoms with Crippen molar-refractivity contribution >= 4 is 18.1 Å². The molecule has 1 amide bonds. The molecule has 1 saturated heterocycles. The Labute approximate surface area is 222 Å². The van der Waals surface area contributed by atoms with Crippen LogP contribution in [0.5, 0.6) is 0 Å². The predicted octanol–water partition coefficient (Wildman–Crippen LogP) is 7.06. The molecule has 0 aromatic heterocycles. The number of carbonyl (C=O) groups is 1. The maximum atomic E-state index is 10.3. The first kappa shape index (κ1) is 36.6. The second-order valence-electron chi connectivity index (χ2n) is 6.34. The predicted molar refractivity (Wildman–Crippen MR) is 142 cm³/mol. The molecule has 0 aliphatic carbocycles. The van der Waals surface area contributed by atoms with E-state index in [1.165, 1.54) is 0 Å². The van der Waals surface area contributed by atoms with Crippen molar-refractivity contribution in [3.05, 3.63) is 61.0 Å². The van der Waals surface area contributed by atoms with Crippen LogP contribution in [-0.2, 0) is 30.7 Å². The van der Waals surface area contributed by atoms with Gasteiger partial charge in [-0.3, -0.25) is 4.79 Å². The summed E-state index contributed by atoms with van der Waals surface area (Å²) >= 11 is 0. The van der Waals surface area contributed by atoms with Crippen LogP contribution in [0.4, 0.5) is 5.69 Å². The van der Waals surface area contributed by atoms with Crippen molar-refractivity contribution in [3.8, 4) is 11.1 Å². The number of nitrogens with one attached hydrogen (secondary N) is 1. The van der Waals surface area contributed by atoms with E-state index in [-0.39, 0.29) is 21.1 Å². The summed E-state index contributed by atoms with van der Waals surface area (Å²) in [4.78, 5) is 22.9. The number of carboxylic acid groups (broad SMARTS) is 1. The number of rotatable bonds is 7. The Morgan fingerprint density at radius 1 is 0.941 bits per heavy atom. The number of likely N-dealkylation sites (tertiary alicyclic amines) is 1. The minimum atomic E-state index is -0.682. The second kappa shape index (κ2) is 27.3. The zero-order valence-corrected chi connectivity index (χ0v) is 24.8. The third kappa shape index (κ3) is 17.5. The Bertz CT molecular complexity index is 706. The normalized spacial score (nSPS) is 11.6. The van der Waals surface area contributed by atoms with Crippen LogP contribution in [0.2, 0.25) is 0 Å². The number of piperidine rings is 1. The summed E-state index contributed by atoms with van der Waals surface area (Å²) in [6, 6.07) is 17.6. The number of hydrogen-bond donors (Lipinski definition) is 2. The van der Waals surface area contributed by atoms with E-state index in [9.17, 15) is 9.59 Å². The Hall–Kier alpha value is -1.97. The van der Waals surface area contributed by atoms with Gasteiger partial charge in [0.25, 0.3) is 0 Å². The van der Waals surface area contributed by atoms with Gasteiger partial charge in [0.05, 0.1) is 6.41 Å². The molecule has 0 spiro atoms. The van der Waals surface area contributed by atoms with Crippen molar-refractivity contribution in [1.82, 2.24) is 4.90 Å². The van der Waals surface area contributed by atoms with E-state index in [4.69, 9.17) is 5.11 Å². The van der Waals surface area contributed by atoms with Crippen molar-refractivity contribution in [2.45, 2.75) is 67.2 Å². The van der Waals surface area contributed by atoms with Crippen LogP contribution >= 0.6 is 0 Å². The quantitative estimate of drug-likeness (QED) is 0.251. The number of aliphatic carboxylic acids is 1. The molecule has 6 heteroatoms. The first-order chi connectivity index (χ1) is 16.2. The van der Waals surface area contributed by atoms with Gasteiger partial charge in [-0.1, -0.05) is 95.6 Å². The largest absolute Gasteiger partial charge is 2.00 e. The van der Waals surface area contributed by atoms with Gasteiger partial charge in [-0.05, 0) is 31.6 Å². The molecule has 1 aliphatic heterocycles. The van der Waals surface area contributed by atoms with Crippen molar-refractivity contribution in [2.75, 3.05) is 25.0 Å². The zero-order chi connectivity index (χ0) is 25.3. The standard InChI is InChI=1S/C13H10NO.C9H16NO2.3C2H6.W/c15-10-14-13-9-5-4-8-12(13)11-6-2-1-3-7-11;11-9(12)5-4-8-10-6-2-1-3-7-10;3*1-2;/h1-9H,(H,14,15);1H,2-8H2,(H,11,12);3*1-2H3;/q2*-1;;;;+2. The first-order valence-corrected chi connectivity index (χ1v) is 12.2. The third-order valence-corrected chi connectivity index (χ3v) is 4.36. The molecule has 1 fully saturated rings. The minimum Gasteiger partial charge on any atom is -0.490 e. The van der Waals surface area contributed by atoms with Gasteiger partial charge >= 0.3 is 27.0 Å². The SMILES string of the molecule is CC.CC.CC.O=C(O)CCCN1CC[CH-]CC1.O=[C-]Nc1ccccc1-c1ccccc1.[W+2]. The van der Waals surface area contributed by atoms with Crippen molar-refractivity contribution in [3.63, 3.8) is 0 Å². The summed E-state index contributed by atoms with van der Waals surface area (Å²) in [5.41, 5.74) is 2.86. The molecule has 2 aromatic rings. The number of anilines is 1. The molecule has 5 nitrogen and oxygen atoms in total. The molecule has 2 N–H and O–H groups in total. The van der Waals surface area contributed by atoms with Crippen LogP contribution < -0.4 is 5.32 Å². The first-order valence-electron chi connectivity index (χ1n) is 12.2. The Balaban J connectivity index is -0.000000459. The molecule has 190 valence electrons. The number of para-hydroxylation sites is 1. The molecular formula is C28H44N2O3W. The van der Waals surface area contributed by atoms with Gasteiger partial charge in [0.2, 0.25) is 0 Å². The van der Waals surface area contributed by atoms with Gasteiger partial charge in [-0.15, -0.1) is 11.8 Å². The monoisotopic (exact) mass is 640 g/mol. The summed E-state index contributed by atoms with van der Waals surface area (Å²) < 4.78 is 0. The van der Waals surface area contributed by atoms with Crippen LogP contribution in [0, 0.1) is 6.42 Å². The van der Waals surface area contributed by atoms with Crippen molar-refractivity contribution < 1.29 is 35.8 Å². The number of carboxylic acids is 1. The van der Waals surface area contributed by atoms with Crippen molar-refractivity contribution in [2.24, 2.45) is 0 Å². The number of amides is 1. The molecule has 0 saturated carbocycles. The van der Waals surface area contributed by atoms with Gasteiger partial charge in [0, 0.05) is 6.42 Å². The maximum absolute atomic E-state index is 10.3. The fourth-order valence-electron chi connectivity index (χ4n) is 3.00. The molecule has 34 heavy (non-hydrogen) atoms. The summed E-state index contributed by atoms with van der Waals surface area (Å²) in [6.45, 7) is 15.2. The van der Waals surface area contributed by atoms with Crippen LogP contribution in [0.1, 0.15) is 67.2 Å². The van der Waals surface area contributed by atoms with Gasteiger partial charge in [0.15, 0.2) is 0 Å². The fourth-order valence-corrected chi connectivity index (χ4v) is 3.00. The number of benzene rings is 2. The number of carbonyl (C=O) groups excluding carboxylic acids is 1. The average Bonchev–Trinajstić information content (AvgIpc) is 2.90. The van der Waals surface area contributed by atoms with E-state index < -0.39 is 5.97 Å². The van der Waals surface area contributed by atoms with E-state index in [1.807, 2.05) is 96.1 Å². The molecule has 0 bridgehead atoms. The maximum Gasteiger partial charge on any atom is 2.00 e. The summed E-state index contributed by atoms with van der Waals surface area (Å²) in [7, 11) is 0. The molecule has 0 radical (unpaired) electrons. The van der Waals surface area contributed by atoms with Crippen LogP contribution in [0.3, 0.4) is 0 Å². The van der Waals surface area contributed by atoms with Crippen LogP contribution in [0.15, 0.2) is 54.6 Å². The zero-order valence-electron chi connectivity index (χ0n) is 21.8. The Kier molecular flexibility index (Phi) is 29.4. The molecule has 0 unspecified atom stereocenters. The van der Waals surface area contributed by atoms with Gasteiger partial charge in [0.1, 0.15) is 0 Å². The van der Waals surface area contributed by atoms with E-state index in [0.717, 1.165) is 55.7 Å². The topological polar surface area (TPSA) is 69.6 Å². The molecule has 2 aromatic carbocycles. The van der Waals surface area contributed by atoms with E-state index in [2.05, 4.69) is 16.6 Å². The molecule has 3 rings (SSSR count). The average molecular weight is 641 g/mol. The van der Waals surface area contributed by atoms with E-state index in [1.54, 1.807) is 6.41 Å². The van der Waals surface area contributed by atoms with E-state index in [0.29, 0.717) is 6.42 Å². The summed E-state index contributed by atoms with van der Waals surface area (Å²) in [5, 5.41) is 11.0. The van der Waals surface area contributed by atoms with Gasteiger partial charge in [-0.25, -0.2) is 0 Å². The Morgan fingerprint density at radius 3 is 2.00 bits per heavy atom. The Morgan fingerprint density at radius 2 is 1.47 bits per heavy atom. The van der Waals surface area contributed by atoms with Gasteiger partial charge in [-0.2, -0.15) is 12.8 Å².